The van der Waals surface area contributed by atoms with Crippen molar-refractivity contribution in [3.8, 4) is 0 Å². The minimum absolute atomic E-state index is 0.00393. The molecular formula is C11H13N3OS. The number of rotatable bonds is 2. The van der Waals surface area contributed by atoms with E-state index in [1.54, 1.807) is 16.5 Å². The van der Waals surface area contributed by atoms with Crippen LogP contribution in [0.2, 0.25) is 0 Å². The third kappa shape index (κ3) is 1.65. The molecule has 1 unspecified atom stereocenters. The van der Waals surface area contributed by atoms with E-state index in [4.69, 9.17) is 0 Å². The number of hydrogen-bond donors (Lipinski definition) is 1. The number of aromatic nitrogens is 3. The molecule has 4 nitrogen and oxygen atoms in total. The number of H-pyrrole nitrogens is 1. The van der Waals surface area contributed by atoms with Crippen molar-refractivity contribution in [2.45, 2.75) is 24.5 Å². The van der Waals surface area contributed by atoms with E-state index in [2.05, 4.69) is 10.2 Å². The van der Waals surface area contributed by atoms with Gasteiger partial charge in [0, 0.05) is 17.7 Å². The summed E-state index contributed by atoms with van der Waals surface area (Å²) in [5.41, 5.74) is 0.787. The molecule has 0 aliphatic carbocycles. The van der Waals surface area contributed by atoms with E-state index in [1.807, 2.05) is 17.8 Å². The molecule has 1 N–H and O–H groups in total. The summed E-state index contributed by atoms with van der Waals surface area (Å²) in [7, 11) is 0. The standard InChI is InChI=1S/C11H13N3OS/c15-11-5-1-4-9-12-13-10(14(9)11)7-8-3-2-6-16-8/h1,4-5,8,12H,2-3,6-7H2. The number of aromatic amines is 1. The molecule has 0 bridgehead atoms. The van der Waals surface area contributed by atoms with Gasteiger partial charge in [-0.3, -0.25) is 9.89 Å². The highest BCUT2D eigenvalue weighted by Crippen LogP contribution is 2.28. The van der Waals surface area contributed by atoms with Crippen molar-refractivity contribution >= 4 is 17.4 Å². The summed E-state index contributed by atoms with van der Waals surface area (Å²) in [6.45, 7) is 0. The predicted octanol–water partition coefficient (Wildman–Crippen LogP) is 1.46. The molecule has 1 atom stereocenters. The summed E-state index contributed by atoms with van der Waals surface area (Å²) in [5, 5.41) is 7.77. The van der Waals surface area contributed by atoms with Crippen LogP contribution in [0.3, 0.4) is 0 Å². The van der Waals surface area contributed by atoms with Gasteiger partial charge in [-0.2, -0.15) is 16.9 Å². The zero-order valence-electron chi connectivity index (χ0n) is 8.85. The molecule has 2 aromatic heterocycles. The van der Waals surface area contributed by atoms with Gasteiger partial charge in [0.15, 0.2) is 0 Å². The van der Waals surface area contributed by atoms with Gasteiger partial charge in [-0.05, 0) is 24.7 Å². The Bertz CT molecular complexity index is 554. The lowest BCUT2D eigenvalue weighted by Gasteiger charge is -2.05. The van der Waals surface area contributed by atoms with Crippen LogP contribution in [-0.2, 0) is 6.42 Å². The lowest BCUT2D eigenvalue weighted by molar-refractivity contribution is 0.735. The minimum Gasteiger partial charge on any atom is -0.269 e. The second-order valence-electron chi connectivity index (χ2n) is 4.06. The Morgan fingerprint density at radius 1 is 1.56 bits per heavy atom. The summed E-state index contributed by atoms with van der Waals surface area (Å²) in [4.78, 5) is 11.7. The molecule has 1 aliphatic heterocycles. The molecule has 5 heteroatoms. The number of nitrogens with one attached hydrogen (secondary N) is 1. The fraction of sp³-hybridized carbons (Fsp3) is 0.455. The van der Waals surface area contributed by atoms with E-state index >= 15 is 0 Å². The van der Waals surface area contributed by atoms with Crippen molar-refractivity contribution < 1.29 is 0 Å². The lowest BCUT2D eigenvalue weighted by atomic mass is 10.2. The fourth-order valence-corrected chi connectivity index (χ4v) is 3.43. The van der Waals surface area contributed by atoms with E-state index in [9.17, 15) is 4.79 Å². The number of nitrogens with zero attached hydrogens (tertiary/aromatic N) is 2. The molecule has 0 saturated carbocycles. The van der Waals surface area contributed by atoms with Gasteiger partial charge in [-0.25, -0.2) is 4.40 Å². The van der Waals surface area contributed by atoms with Crippen molar-refractivity contribution in [1.82, 2.24) is 14.6 Å². The molecule has 3 heterocycles. The molecule has 3 rings (SSSR count). The van der Waals surface area contributed by atoms with Crippen molar-refractivity contribution in [2.75, 3.05) is 5.75 Å². The smallest absolute Gasteiger partial charge is 0.257 e. The summed E-state index contributed by atoms with van der Waals surface area (Å²) in [5.74, 6) is 2.10. The molecule has 16 heavy (non-hydrogen) atoms. The average molecular weight is 235 g/mol. The predicted molar refractivity (Wildman–Crippen MR) is 65.0 cm³/mol. The molecule has 0 aromatic carbocycles. The molecule has 0 amide bonds. The fourth-order valence-electron chi connectivity index (χ4n) is 2.16. The lowest BCUT2D eigenvalue weighted by Crippen LogP contribution is -2.16. The second-order valence-corrected chi connectivity index (χ2v) is 5.47. The Morgan fingerprint density at radius 3 is 3.31 bits per heavy atom. The Hall–Kier alpha value is -1.23. The van der Waals surface area contributed by atoms with E-state index in [0.29, 0.717) is 5.25 Å². The second kappa shape index (κ2) is 3.97. The maximum atomic E-state index is 11.7. The molecule has 0 spiro atoms. The molecular weight excluding hydrogens is 222 g/mol. The topological polar surface area (TPSA) is 50.2 Å². The van der Waals surface area contributed by atoms with Crippen molar-refractivity contribution in [3.05, 3.63) is 34.4 Å². The molecule has 0 radical (unpaired) electrons. The van der Waals surface area contributed by atoms with E-state index in [0.717, 1.165) is 17.9 Å². The minimum atomic E-state index is 0.00393. The van der Waals surface area contributed by atoms with E-state index in [-0.39, 0.29) is 5.56 Å². The first-order valence-corrected chi connectivity index (χ1v) is 6.56. The van der Waals surface area contributed by atoms with E-state index < -0.39 is 0 Å². The molecule has 2 aromatic rings. The monoisotopic (exact) mass is 235 g/mol. The first kappa shape index (κ1) is 9.96. The average Bonchev–Trinajstić information content (AvgIpc) is 2.90. The highest BCUT2D eigenvalue weighted by molar-refractivity contribution is 8.00. The SMILES string of the molecule is O=c1cccc2[nH]nc(CC3CCCS3)n12. The van der Waals surface area contributed by atoms with Gasteiger partial charge in [0.05, 0.1) is 0 Å². The number of thioether (sulfide) groups is 1. The Kier molecular flexibility index (Phi) is 2.47. The molecule has 1 fully saturated rings. The van der Waals surface area contributed by atoms with E-state index in [1.165, 1.54) is 18.6 Å². The summed E-state index contributed by atoms with van der Waals surface area (Å²) < 4.78 is 1.68. The van der Waals surface area contributed by atoms with Crippen LogP contribution in [0.25, 0.3) is 5.65 Å². The molecule has 1 aliphatic rings. The van der Waals surface area contributed by atoms with Gasteiger partial charge in [0.2, 0.25) is 0 Å². The Morgan fingerprint density at radius 2 is 2.50 bits per heavy atom. The van der Waals surface area contributed by atoms with Crippen molar-refractivity contribution in [1.29, 1.82) is 0 Å². The summed E-state index contributed by atoms with van der Waals surface area (Å²) >= 11 is 1.99. The highest BCUT2D eigenvalue weighted by Gasteiger charge is 2.19. The quantitative estimate of drug-likeness (QED) is 0.857. The maximum absolute atomic E-state index is 11.7. The van der Waals surface area contributed by atoms with Crippen LogP contribution in [0, 0.1) is 0 Å². The van der Waals surface area contributed by atoms with Gasteiger partial charge >= 0.3 is 0 Å². The third-order valence-electron chi connectivity index (χ3n) is 2.95. The first-order valence-electron chi connectivity index (χ1n) is 5.51. The van der Waals surface area contributed by atoms with Crippen LogP contribution >= 0.6 is 11.8 Å². The summed E-state index contributed by atoms with van der Waals surface area (Å²) in [6.07, 6.45) is 3.40. The van der Waals surface area contributed by atoms with Gasteiger partial charge < -0.3 is 0 Å². The van der Waals surface area contributed by atoms with Crippen molar-refractivity contribution in [3.63, 3.8) is 0 Å². The highest BCUT2D eigenvalue weighted by atomic mass is 32.2. The maximum Gasteiger partial charge on any atom is 0.257 e. The number of hydrogen-bond acceptors (Lipinski definition) is 3. The Labute approximate surface area is 97.1 Å². The van der Waals surface area contributed by atoms with Crippen LogP contribution in [0.1, 0.15) is 18.7 Å². The van der Waals surface area contributed by atoms with Crippen LogP contribution in [0.15, 0.2) is 23.0 Å². The molecule has 84 valence electrons. The van der Waals surface area contributed by atoms with Gasteiger partial charge in [-0.1, -0.05) is 6.07 Å². The Balaban J connectivity index is 2.00. The van der Waals surface area contributed by atoms with Gasteiger partial charge in [-0.15, -0.1) is 0 Å². The van der Waals surface area contributed by atoms with Crippen LogP contribution < -0.4 is 5.56 Å². The van der Waals surface area contributed by atoms with Crippen LogP contribution in [-0.4, -0.2) is 25.6 Å². The van der Waals surface area contributed by atoms with Gasteiger partial charge in [0.1, 0.15) is 11.5 Å². The zero-order valence-corrected chi connectivity index (χ0v) is 9.67. The third-order valence-corrected chi connectivity index (χ3v) is 4.34. The van der Waals surface area contributed by atoms with Crippen molar-refractivity contribution in [2.24, 2.45) is 0 Å². The normalized spacial score (nSPS) is 20.6. The molecule has 1 saturated heterocycles. The number of fused-ring (bicyclic) bond motifs is 1. The van der Waals surface area contributed by atoms with Crippen LogP contribution in [0.4, 0.5) is 0 Å². The summed E-state index contributed by atoms with van der Waals surface area (Å²) in [6, 6.07) is 5.21. The first-order chi connectivity index (χ1) is 7.84. The largest absolute Gasteiger partial charge is 0.269 e. The zero-order chi connectivity index (χ0) is 11.0. The van der Waals surface area contributed by atoms with Crippen LogP contribution in [0.5, 0.6) is 0 Å². The number of pyridine rings is 1. The van der Waals surface area contributed by atoms with Gasteiger partial charge in [0.25, 0.3) is 5.56 Å².